The highest BCUT2D eigenvalue weighted by molar-refractivity contribution is 7.07. The molecule has 8 heteroatoms. The number of carbonyl (C=O) groups is 1. The van der Waals surface area contributed by atoms with Crippen LogP contribution in [-0.4, -0.2) is 43.7 Å². The van der Waals surface area contributed by atoms with Crippen LogP contribution in [0.1, 0.15) is 64.7 Å². The molecule has 0 aromatic carbocycles. The van der Waals surface area contributed by atoms with Crippen LogP contribution in [0.5, 0.6) is 0 Å². The number of rotatable bonds is 3. The number of aromatic nitrogens is 4. The van der Waals surface area contributed by atoms with Gasteiger partial charge in [-0.3, -0.25) is 4.79 Å². The zero-order chi connectivity index (χ0) is 15.1. The Morgan fingerprint density at radius 3 is 2.27 bits per heavy atom. The highest BCUT2D eigenvalue weighted by Gasteiger charge is 2.33. The molecule has 22 heavy (non-hydrogen) atoms. The highest BCUT2D eigenvalue weighted by Crippen LogP contribution is 2.40. The molecule has 2 aliphatic rings. The monoisotopic (exact) mass is 319 g/mol. The van der Waals surface area contributed by atoms with Gasteiger partial charge in [-0.25, -0.2) is 0 Å². The second-order valence-electron chi connectivity index (χ2n) is 6.01. The minimum absolute atomic E-state index is 0.0372. The fourth-order valence-electron chi connectivity index (χ4n) is 2.81. The van der Waals surface area contributed by atoms with Gasteiger partial charge in [-0.1, -0.05) is 4.49 Å². The lowest BCUT2D eigenvalue weighted by Gasteiger charge is -2.30. The molecule has 1 aliphatic carbocycles. The van der Waals surface area contributed by atoms with Crippen LogP contribution in [0.2, 0.25) is 0 Å². The highest BCUT2D eigenvalue weighted by atomic mass is 32.1. The third-order valence-corrected chi connectivity index (χ3v) is 5.18. The largest absolute Gasteiger partial charge is 0.425 e. The number of nitrogens with zero attached hydrogens (tertiary/aromatic N) is 5. The first kappa shape index (κ1) is 13.8. The summed E-state index contributed by atoms with van der Waals surface area (Å²) in [6.07, 6.45) is 4.06. The van der Waals surface area contributed by atoms with Crippen molar-refractivity contribution in [3.8, 4) is 0 Å². The summed E-state index contributed by atoms with van der Waals surface area (Å²) in [4.78, 5) is 14.9. The molecule has 0 atom stereocenters. The summed E-state index contributed by atoms with van der Waals surface area (Å²) in [6.45, 7) is 3.24. The van der Waals surface area contributed by atoms with Crippen LogP contribution in [-0.2, 0) is 0 Å². The van der Waals surface area contributed by atoms with Crippen molar-refractivity contribution in [3.05, 3.63) is 22.4 Å². The van der Waals surface area contributed by atoms with Crippen molar-refractivity contribution in [2.24, 2.45) is 0 Å². The predicted octanol–water partition coefficient (Wildman–Crippen LogP) is 2.13. The molecule has 3 heterocycles. The maximum absolute atomic E-state index is 12.4. The second kappa shape index (κ2) is 5.42. The van der Waals surface area contributed by atoms with Crippen LogP contribution in [0, 0.1) is 6.92 Å². The van der Waals surface area contributed by atoms with Crippen LogP contribution >= 0.6 is 11.5 Å². The lowest BCUT2D eigenvalue weighted by atomic mass is 9.96. The van der Waals surface area contributed by atoms with E-state index in [4.69, 9.17) is 4.42 Å². The van der Waals surface area contributed by atoms with Crippen molar-refractivity contribution < 1.29 is 9.21 Å². The Hall–Kier alpha value is -1.83. The van der Waals surface area contributed by atoms with Gasteiger partial charge in [0.25, 0.3) is 5.91 Å². The van der Waals surface area contributed by atoms with Crippen molar-refractivity contribution in [3.63, 3.8) is 0 Å². The van der Waals surface area contributed by atoms with E-state index in [2.05, 4.69) is 19.8 Å². The number of hydrogen-bond donors (Lipinski definition) is 0. The standard InChI is InChI=1S/C14H17N5O2S/c1-8-11(22-18-15-8)14(20)19-6-4-10(5-7-19)13-17-16-12(21-13)9-2-3-9/h9-10H,2-7H2,1H3. The summed E-state index contributed by atoms with van der Waals surface area (Å²) < 4.78 is 9.63. The smallest absolute Gasteiger partial charge is 0.267 e. The van der Waals surface area contributed by atoms with Crippen LogP contribution in [0.15, 0.2) is 4.42 Å². The SMILES string of the molecule is Cc1nnsc1C(=O)N1CCC(c2nnc(C3CC3)o2)CC1. The number of likely N-dealkylation sites (tertiary alicyclic amines) is 1. The summed E-state index contributed by atoms with van der Waals surface area (Å²) in [6, 6.07) is 0. The molecular formula is C14H17N5O2S. The van der Waals surface area contributed by atoms with Gasteiger partial charge in [-0.05, 0) is 44.1 Å². The third kappa shape index (κ3) is 2.51. The molecule has 0 spiro atoms. The Labute approximate surface area is 131 Å². The van der Waals surface area contributed by atoms with Crippen molar-refractivity contribution in [2.45, 2.75) is 44.4 Å². The third-order valence-electron chi connectivity index (χ3n) is 4.36. The summed E-state index contributed by atoms with van der Waals surface area (Å²) in [5.74, 6) is 2.33. The average molecular weight is 319 g/mol. The zero-order valence-electron chi connectivity index (χ0n) is 12.4. The van der Waals surface area contributed by atoms with E-state index in [0.29, 0.717) is 29.6 Å². The quantitative estimate of drug-likeness (QED) is 0.861. The topological polar surface area (TPSA) is 85.0 Å². The van der Waals surface area contributed by atoms with Crippen LogP contribution in [0.4, 0.5) is 0 Å². The first-order chi connectivity index (χ1) is 10.7. The van der Waals surface area contributed by atoms with Crippen LogP contribution in [0.3, 0.4) is 0 Å². The van der Waals surface area contributed by atoms with Gasteiger partial charge < -0.3 is 9.32 Å². The Kier molecular flexibility index (Phi) is 3.40. The van der Waals surface area contributed by atoms with Crippen molar-refractivity contribution in [1.82, 2.24) is 24.7 Å². The molecule has 1 saturated carbocycles. The maximum atomic E-state index is 12.4. The van der Waals surface area contributed by atoms with E-state index in [-0.39, 0.29) is 11.8 Å². The van der Waals surface area contributed by atoms with E-state index >= 15 is 0 Å². The van der Waals surface area contributed by atoms with E-state index in [0.717, 1.165) is 37.5 Å². The van der Waals surface area contributed by atoms with Crippen molar-refractivity contribution in [2.75, 3.05) is 13.1 Å². The Balaban J connectivity index is 1.39. The van der Waals surface area contributed by atoms with Gasteiger partial charge in [-0.2, -0.15) is 0 Å². The number of amides is 1. The lowest BCUT2D eigenvalue weighted by molar-refractivity contribution is 0.0710. The van der Waals surface area contributed by atoms with E-state index in [1.807, 2.05) is 11.8 Å². The summed E-state index contributed by atoms with van der Waals surface area (Å²) in [5, 5.41) is 12.3. The molecule has 2 aromatic heterocycles. The summed E-state index contributed by atoms with van der Waals surface area (Å²) >= 11 is 1.17. The Morgan fingerprint density at radius 2 is 1.73 bits per heavy atom. The molecule has 0 bridgehead atoms. The zero-order valence-corrected chi connectivity index (χ0v) is 13.2. The molecule has 1 saturated heterocycles. The van der Waals surface area contributed by atoms with E-state index in [1.54, 1.807) is 0 Å². The molecular weight excluding hydrogens is 302 g/mol. The van der Waals surface area contributed by atoms with Gasteiger partial charge in [0, 0.05) is 24.9 Å². The molecule has 1 amide bonds. The van der Waals surface area contributed by atoms with Crippen molar-refractivity contribution in [1.29, 1.82) is 0 Å². The number of aryl methyl sites for hydroxylation is 1. The molecule has 0 radical (unpaired) electrons. The van der Waals surface area contributed by atoms with Gasteiger partial charge >= 0.3 is 0 Å². The number of hydrogen-bond acceptors (Lipinski definition) is 7. The Bertz CT molecular complexity index is 685. The molecule has 4 rings (SSSR count). The molecule has 1 aliphatic heterocycles. The van der Waals surface area contributed by atoms with Crippen molar-refractivity contribution >= 4 is 17.4 Å². The van der Waals surface area contributed by atoms with Gasteiger partial charge in [0.15, 0.2) is 0 Å². The predicted molar refractivity (Wildman–Crippen MR) is 78.8 cm³/mol. The van der Waals surface area contributed by atoms with Gasteiger partial charge in [0.05, 0.1) is 5.69 Å². The number of piperidine rings is 1. The molecule has 116 valence electrons. The number of carbonyl (C=O) groups excluding carboxylic acids is 1. The second-order valence-corrected chi connectivity index (χ2v) is 6.76. The van der Waals surface area contributed by atoms with E-state index in [1.165, 1.54) is 11.5 Å². The molecule has 0 unspecified atom stereocenters. The van der Waals surface area contributed by atoms with Gasteiger partial charge in [-0.15, -0.1) is 15.3 Å². The first-order valence-corrected chi connectivity index (χ1v) is 8.41. The summed E-state index contributed by atoms with van der Waals surface area (Å²) in [5.41, 5.74) is 0.711. The van der Waals surface area contributed by atoms with Gasteiger partial charge in [0.1, 0.15) is 4.88 Å². The normalized spacial score (nSPS) is 19.6. The summed E-state index contributed by atoms with van der Waals surface area (Å²) in [7, 11) is 0. The average Bonchev–Trinajstić information content (AvgIpc) is 3.12. The van der Waals surface area contributed by atoms with Crippen LogP contribution < -0.4 is 0 Å². The van der Waals surface area contributed by atoms with E-state index < -0.39 is 0 Å². The minimum Gasteiger partial charge on any atom is -0.425 e. The maximum Gasteiger partial charge on any atom is 0.267 e. The molecule has 2 aromatic rings. The van der Waals surface area contributed by atoms with Gasteiger partial charge in [0.2, 0.25) is 11.8 Å². The first-order valence-electron chi connectivity index (χ1n) is 7.64. The minimum atomic E-state index is 0.0372. The Morgan fingerprint density at radius 1 is 1.09 bits per heavy atom. The molecule has 2 fully saturated rings. The lowest BCUT2D eigenvalue weighted by Crippen LogP contribution is -2.37. The van der Waals surface area contributed by atoms with Crippen LogP contribution in [0.25, 0.3) is 0 Å². The van der Waals surface area contributed by atoms with E-state index in [9.17, 15) is 4.79 Å². The molecule has 7 nitrogen and oxygen atoms in total. The molecule has 0 N–H and O–H groups in total. The fraction of sp³-hybridized carbons (Fsp3) is 0.643. The fourth-order valence-corrected chi connectivity index (χ4v) is 3.43.